The fourth-order valence-corrected chi connectivity index (χ4v) is 10.8. The van der Waals surface area contributed by atoms with Gasteiger partial charge < -0.3 is 37.9 Å². The maximum absolute atomic E-state index is 14.4. The van der Waals surface area contributed by atoms with E-state index in [2.05, 4.69) is 13.8 Å². The van der Waals surface area contributed by atoms with Gasteiger partial charge in [-0.15, -0.1) is 0 Å². The van der Waals surface area contributed by atoms with Crippen LogP contribution in [0.15, 0.2) is 29.2 Å². The summed E-state index contributed by atoms with van der Waals surface area (Å²) in [7, 11) is -4.13. The normalized spacial score (nSPS) is 18.1. The molecule has 0 aliphatic carbocycles. The molecular formula is C57H98N2O16S. The number of ether oxygens (including phenoxy) is 8. The molecule has 1 aromatic rings. The van der Waals surface area contributed by atoms with Crippen LogP contribution in [0.3, 0.4) is 0 Å². The molecule has 0 saturated carbocycles. The van der Waals surface area contributed by atoms with E-state index < -0.39 is 75.6 Å². The summed E-state index contributed by atoms with van der Waals surface area (Å²) >= 11 is 0. The summed E-state index contributed by atoms with van der Waals surface area (Å²) in [6.07, 6.45) is 24.3. The minimum absolute atomic E-state index is 0.0298. The number of carbonyl (C=O) groups excluding carboxylic acids is 4. The van der Waals surface area contributed by atoms with Gasteiger partial charge in [0.2, 0.25) is 10.0 Å². The molecule has 18 nitrogen and oxygen atoms in total. The maximum Gasteiger partial charge on any atom is 0.303 e. The van der Waals surface area contributed by atoms with E-state index in [1.54, 1.807) is 0 Å². The Morgan fingerprint density at radius 3 is 1.49 bits per heavy atom. The second kappa shape index (κ2) is 42.2. The van der Waals surface area contributed by atoms with Gasteiger partial charge in [-0.3, -0.25) is 29.3 Å². The molecule has 1 fully saturated rings. The van der Waals surface area contributed by atoms with Gasteiger partial charge in [0.25, 0.3) is 5.69 Å². The summed E-state index contributed by atoms with van der Waals surface area (Å²) in [5.41, 5.74) is -0.216. The molecule has 6 atom stereocenters. The Bertz CT molecular complexity index is 1840. The Kier molecular flexibility index (Phi) is 38.0. The van der Waals surface area contributed by atoms with Gasteiger partial charge in [0, 0.05) is 72.7 Å². The lowest BCUT2D eigenvalue weighted by Crippen LogP contribution is -2.63. The number of unbranched alkanes of at least 4 members (excludes halogenated alkanes) is 25. The highest BCUT2D eigenvalue weighted by Gasteiger charge is 2.52. The molecule has 19 heteroatoms. The molecule has 438 valence electrons. The number of rotatable bonds is 47. The first kappa shape index (κ1) is 68.4. The van der Waals surface area contributed by atoms with Crippen molar-refractivity contribution in [3.63, 3.8) is 0 Å². The number of esters is 4. The number of nitrogens with zero attached hydrogens (tertiary/aromatic N) is 2. The molecule has 1 aliphatic heterocycles. The summed E-state index contributed by atoms with van der Waals surface area (Å²) < 4.78 is 76.5. The van der Waals surface area contributed by atoms with Crippen molar-refractivity contribution in [2.75, 3.05) is 46.1 Å². The van der Waals surface area contributed by atoms with Gasteiger partial charge in [0.15, 0.2) is 24.6 Å². The molecule has 0 amide bonds. The van der Waals surface area contributed by atoms with Crippen LogP contribution < -0.4 is 0 Å². The van der Waals surface area contributed by atoms with E-state index >= 15 is 0 Å². The molecule has 76 heavy (non-hydrogen) atoms. The van der Waals surface area contributed by atoms with Gasteiger partial charge in [0.05, 0.1) is 22.5 Å². The average Bonchev–Trinajstić information content (AvgIpc) is 3.37. The maximum atomic E-state index is 14.4. The van der Waals surface area contributed by atoms with Gasteiger partial charge >= 0.3 is 23.9 Å². The van der Waals surface area contributed by atoms with E-state index in [1.165, 1.54) is 151 Å². The standard InChI is InChI=1S/C57H98N2O16S/c1-7-9-11-13-15-17-19-21-23-25-28-32-40-68-44-51(69-41-33-29-26-24-22-20-18-16-14-12-10-8-2)43-58(76(66,67)52-37-35-50(36-38-52)59(64)65)39-31-27-30-34-42-70-57-56(74-49(6)63)55(73-48(5)62)54(72-47(4)61)53(75-57)45-71-46(3)60/h35-38,51,53-57H,7-34,39-45H2,1-6H3/t51?,53-,54+,55+,56-,57-/m1/s1. The van der Waals surface area contributed by atoms with Crippen LogP contribution in [-0.2, 0) is 67.1 Å². The minimum Gasteiger partial charge on any atom is -0.463 e. The van der Waals surface area contributed by atoms with Crippen LogP contribution in [-0.4, -0.2) is 124 Å². The van der Waals surface area contributed by atoms with Crippen LogP contribution in [0, 0.1) is 10.1 Å². The first-order chi connectivity index (χ1) is 36.6. The third-order valence-electron chi connectivity index (χ3n) is 13.4. The average molecular weight is 1100 g/mol. The summed E-state index contributed by atoms with van der Waals surface area (Å²) in [5.74, 6) is -2.87. The predicted octanol–water partition coefficient (Wildman–Crippen LogP) is 12.0. The quantitative estimate of drug-likeness (QED) is 0.0195. The van der Waals surface area contributed by atoms with E-state index in [0.717, 1.165) is 59.3 Å². The topological polar surface area (TPSA) is 223 Å². The molecular weight excluding hydrogens is 1000 g/mol. The zero-order valence-electron chi connectivity index (χ0n) is 47.4. The van der Waals surface area contributed by atoms with Crippen molar-refractivity contribution in [1.82, 2.24) is 4.31 Å². The number of sulfonamides is 1. The van der Waals surface area contributed by atoms with E-state index in [0.29, 0.717) is 38.9 Å². The number of hydrogen-bond donors (Lipinski definition) is 0. The SMILES string of the molecule is CCCCCCCCCCCCCCOCC(CN(CCCCCCO[C@@H]1O[C@H](COC(C)=O)[C@H](OC(C)=O)[C@H](OC(C)=O)[C@H]1OC(C)=O)S(=O)(=O)c1ccc([N+](=O)[O-])cc1)OCCCCCCCCCCCCCC. The fraction of sp³-hybridized carbons (Fsp3) is 0.825. The number of nitro benzene ring substituents is 1. The minimum atomic E-state index is -4.13. The summed E-state index contributed by atoms with van der Waals surface area (Å²) in [4.78, 5) is 59.2. The van der Waals surface area contributed by atoms with Crippen molar-refractivity contribution in [3.05, 3.63) is 34.4 Å². The molecule has 1 unspecified atom stereocenters. The third kappa shape index (κ3) is 31.0. The summed E-state index contributed by atoms with van der Waals surface area (Å²) in [6.45, 7) is 10.2. The number of nitro groups is 1. The lowest BCUT2D eigenvalue weighted by atomic mass is 9.98. The molecule has 1 aromatic carbocycles. The lowest BCUT2D eigenvalue weighted by molar-refractivity contribution is -0.384. The Morgan fingerprint density at radius 1 is 0.579 bits per heavy atom. The molecule has 0 radical (unpaired) electrons. The van der Waals surface area contributed by atoms with E-state index in [9.17, 15) is 37.7 Å². The second-order valence-electron chi connectivity index (χ2n) is 20.3. The van der Waals surface area contributed by atoms with Crippen molar-refractivity contribution >= 4 is 39.6 Å². The largest absolute Gasteiger partial charge is 0.463 e. The highest BCUT2D eigenvalue weighted by molar-refractivity contribution is 7.89. The predicted molar refractivity (Wildman–Crippen MR) is 291 cm³/mol. The second-order valence-corrected chi connectivity index (χ2v) is 22.3. The zero-order valence-corrected chi connectivity index (χ0v) is 48.2. The Labute approximate surface area is 456 Å². The van der Waals surface area contributed by atoms with E-state index in [-0.39, 0.29) is 43.5 Å². The van der Waals surface area contributed by atoms with E-state index in [4.69, 9.17) is 37.9 Å². The number of hydrogen-bond acceptors (Lipinski definition) is 16. The first-order valence-corrected chi connectivity index (χ1v) is 30.4. The van der Waals surface area contributed by atoms with E-state index in [1.807, 2.05) is 0 Å². The first-order valence-electron chi connectivity index (χ1n) is 29.0. The summed E-state index contributed by atoms with van der Waals surface area (Å²) in [5, 5.41) is 11.5. The van der Waals surface area contributed by atoms with Crippen LogP contribution in [0.2, 0.25) is 0 Å². The lowest BCUT2D eigenvalue weighted by Gasteiger charge is -2.44. The molecule has 0 bridgehead atoms. The van der Waals surface area contributed by atoms with Crippen LogP contribution >= 0.6 is 0 Å². The molecule has 1 heterocycles. The highest BCUT2D eigenvalue weighted by atomic mass is 32.2. The molecule has 0 spiro atoms. The van der Waals surface area contributed by atoms with Gasteiger partial charge in [-0.05, 0) is 37.8 Å². The smallest absolute Gasteiger partial charge is 0.303 e. The number of benzene rings is 1. The zero-order chi connectivity index (χ0) is 55.8. The summed E-state index contributed by atoms with van der Waals surface area (Å²) in [6, 6.07) is 4.90. The van der Waals surface area contributed by atoms with Gasteiger partial charge in [-0.25, -0.2) is 8.42 Å². The number of non-ortho nitro benzene ring substituents is 1. The van der Waals surface area contributed by atoms with Crippen LogP contribution in [0.1, 0.15) is 221 Å². The monoisotopic (exact) mass is 1100 g/mol. The Morgan fingerprint density at radius 2 is 1.01 bits per heavy atom. The fourth-order valence-electron chi connectivity index (χ4n) is 9.30. The molecule has 1 saturated heterocycles. The van der Waals surface area contributed by atoms with Crippen molar-refractivity contribution in [2.24, 2.45) is 0 Å². The van der Waals surface area contributed by atoms with Crippen LogP contribution in [0.5, 0.6) is 0 Å². The van der Waals surface area contributed by atoms with Crippen molar-refractivity contribution in [3.8, 4) is 0 Å². The molecule has 2 rings (SSSR count). The number of carbonyl (C=O) groups is 4. The van der Waals surface area contributed by atoms with Gasteiger partial charge in [-0.1, -0.05) is 168 Å². The van der Waals surface area contributed by atoms with Crippen molar-refractivity contribution < 1.29 is 70.4 Å². The molecule has 1 aliphatic rings. The third-order valence-corrected chi connectivity index (χ3v) is 15.3. The molecule has 0 N–H and O–H groups in total. The van der Waals surface area contributed by atoms with Crippen LogP contribution in [0.4, 0.5) is 5.69 Å². The van der Waals surface area contributed by atoms with Crippen molar-refractivity contribution in [2.45, 2.75) is 263 Å². The van der Waals surface area contributed by atoms with Crippen molar-refractivity contribution in [1.29, 1.82) is 0 Å². The van der Waals surface area contributed by atoms with Gasteiger partial charge in [0.1, 0.15) is 12.7 Å². The van der Waals surface area contributed by atoms with Gasteiger partial charge in [-0.2, -0.15) is 4.31 Å². The Hall–Kier alpha value is -3.75. The highest BCUT2D eigenvalue weighted by Crippen LogP contribution is 2.30. The Balaban J connectivity index is 2.12. The van der Waals surface area contributed by atoms with Crippen LogP contribution in [0.25, 0.3) is 0 Å². The molecule has 0 aromatic heterocycles.